The first-order valence-corrected chi connectivity index (χ1v) is 16.5. The van der Waals surface area contributed by atoms with Crippen LogP contribution in [0.2, 0.25) is 5.54 Å². The van der Waals surface area contributed by atoms with Gasteiger partial charge in [0, 0.05) is 64.9 Å². The standard InChI is InChI=1S/C36H49N3Si/c1-23-14-17-33(30(20-23)37(8)9)40(36-28(6)26(4)27(5)29(36)7,34-18-15-24(2)21-31(34)38(10)11)35-19-16-25(3)22-32(35)39(12)13/h14-22,36H,1-13H3. The Morgan fingerprint density at radius 2 is 0.725 bits per heavy atom. The van der Waals surface area contributed by atoms with Crippen LogP contribution in [0, 0.1) is 20.8 Å². The van der Waals surface area contributed by atoms with Gasteiger partial charge in [0.05, 0.1) is 0 Å². The van der Waals surface area contributed by atoms with Gasteiger partial charge in [-0.1, -0.05) is 47.5 Å². The van der Waals surface area contributed by atoms with Crippen molar-refractivity contribution in [3.63, 3.8) is 0 Å². The molecule has 0 saturated heterocycles. The molecule has 0 atom stereocenters. The molecule has 0 heterocycles. The molecule has 4 rings (SSSR count). The highest BCUT2D eigenvalue weighted by atomic mass is 28.3. The molecule has 40 heavy (non-hydrogen) atoms. The normalized spacial score (nSPS) is 14.3. The zero-order valence-corrected chi connectivity index (χ0v) is 28.1. The average molecular weight is 552 g/mol. The molecule has 3 aromatic rings. The molecule has 0 N–H and O–H groups in total. The number of nitrogens with zero attached hydrogens (tertiary/aromatic N) is 3. The van der Waals surface area contributed by atoms with Gasteiger partial charge in [-0.05, 0) is 110 Å². The summed E-state index contributed by atoms with van der Waals surface area (Å²) in [5, 5.41) is 4.44. The van der Waals surface area contributed by atoms with E-state index in [1.165, 1.54) is 71.6 Å². The van der Waals surface area contributed by atoms with Crippen LogP contribution in [0.5, 0.6) is 0 Å². The topological polar surface area (TPSA) is 9.72 Å². The van der Waals surface area contributed by atoms with E-state index in [1.807, 2.05) is 0 Å². The molecule has 3 nitrogen and oxygen atoms in total. The fourth-order valence-electron chi connectivity index (χ4n) is 6.94. The maximum atomic E-state index is 2.47. The molecule has 3 aromatic carbocycles. The van der Waals surface area contributed by atoms with Crippen molar-refractivity contribution < 1.29 is 0 Å². The molecular formula is C36H49N3Si. The first-order valence-electron chi connectivity index (χ1n) is 14.4. The summed E-state index contributed by atoms with van der Waals surface area (Å²) in [5.41, 5.74) is 14.1. The van der Waals surface area contributed by atoms with Crippen LogP contribution in [0.25, 0.3) is 0 Å². The number of hydrogen-bond acceptors (Lipinski definition) is 3. The molecule has 0 fully saturated rings. The summed E-state index contributed by atoms with van der Waals surface area (Å²) in [6.45, 7) is 16.1. The minimum Gasteiger partial charge on any atom is -0.378 e. The molecule has 0 amide bonds. The predicted octanol–water partition coefficient (Wildman–Crippen LogP) is 6.34. The Bertz CT molecular complexity index is 1340. The van der Waals surface area contributed by atoms with Gasteiger partial charge in [-0.2, -0.15) is 0 Å². The van der Waals surface area contributed by atoms with Crippen molar-refractivity contribution in [2.75, 3.05) is 57.0 Å². The van der Waals surface area contributed by atoms with Crippen molar-refractivity contribution in [2.24, 2.45) is 0 Å². The van der Waals surface area contributed by atoms with Crippen LogP contribution in [-0.2, 0) is 0 Å². The predicted molar refractivity (Wildman–Crippen MR) is 182 cm³/mol. The number of allylic oxidation sites excluding steroid dienone is 4. The quantitative estimate of drug-likeness (QED) is 0.251. The minimum absolute atomic E-state index is 0.303. The van der Waals surface area contributed by atoms with Crippen LogP contribution < -0.4 is 30.3 Å². The molecule has 212 valence electrons. The van der Waals surface area contributed by atoms with Gasteiger partial charge < -0.3 is 14.7 Å². The maximum Gasteiger partial charge on any atom is 0.166 e. The first-order chi connectivity index (χ1) is 18.7. The van der Waals surface area contributed by atoms with Crippen molar-refractivity contribution in [2.45, 2.75) is 54.0 Å². The average Bonchev–Trinajstić information content (AvgIpc) is 3.08. The monoisotopic (exact) mass is 551 g/mol. The lowest BCUT2D eigenvalue weighted by Crippen LogP contribution is -2.72. The summed E-state index contributed by atoms with van der Waals surface area (Å²) in [7, 11) is 10.4. The maximum absolute atomic E-state index is 2.83. The first kappa shape index (κ1) is 29.7. The van der Waals surface area contributed by atoms with Gasteiger partial charge in [-0.3, -0.25) is 0 Å². The number of hydrogen-bond donors (Lipinski definition) is 0. The molecule has 1 aliphatic rings. The van der Waals surface area contributed by atoms with E-state index in [1.54, 1.807) is 0 Å². The van der Waals surface area contributed by atoms with Gasteiger partial charge in [0.2, 0.25) is 0 Å². The fourth-order valence-corrected chi connectivity index (χ4v) is 13.6. The Morgan fingerprint density at radius 1 is 0.450 bits per heavy atom. The van der Waals surface area contributed by atoms with E-state index in [0.717, 1.165) is 0 Å². The molecule has 0 bridgehead atoms. The number of rotatable bonds is 7. The smallest absolute Gasteiger partial charge is 0.166 e. The molecule has 1 aliphatic carbocycles. The van der Waals surface area contributed by atoms with Crippen molar-refractivity contribution in [3.8, 4) is 0 Å². The zero-order valence-electron chi connectivity index (χ0n) is 27.1. The summed E-state index contributed by atoms with van der Waals surface area (Å²) in [6.07, 6.45) is 0. The fraction of sp³-hybridized carbons (Fsp3) is 0.389. The van der Waals surface area contributed by atoms with Gasteiger partial charge >= 0.3 is 0 Å². The van der Waals surface area contributed by atoms with Gasteiger partial charge in [0.25, 0.3) is 0 Å². The minimum atomic E-state index is -2.83. The Hall–Kier alpha value is -3.24. The largest absolute Gasteiger partial charge is 0.378 e. The van der Waals surface area contributed by atoms with Crippen LogP contribution in [0.3, 0.4) is 0 Å². The van der Waals surface area contributed by atoms with Crippen molar-refractivity contribution in [1.29, 1.82) is 0 Å². The van der Waals surface area contributed by atoms with E-state index in [2.05, 4.69) is 160 Å². The van der Waals surface area contributed by atoms with Crippen LogP contribution in [0.15, 0.2) is 76.9 Å². The summed E-state index contributed by atoms with van der Waals surface area (Å²) in [4.78, 5) is 7.01. The van der Waals surface area contributed by atoms with Crippen molar-refractivity contribution >= 4 is 40.7 Å². The SMILES string of the molecule is CC1=C(C)C([Si](c2ccc(C)cc2N(C)C)(c2ccc(C)cc2N(C)C)c2ccc(C)cc2N(C)C)C(C)=C1C. The summed E-state index contributed by atoms with van der Waals surface area (Å²) in [6, 6.07) is 21.6. The molecular weight excluding hydrogens is 503 g/mol. The summed E-state index contributed by atoms with van der Waals surface area (Å²) < 4.78 is 0. The van der Waals surface area contributed by atoms with Gasteiger partial charge in [0.1, 0.15) is 0 Å². The number of benzene rings is 3. The van der Waals surface area contributed by atoms with E-state index in [9.17, 15) is 0 Å². The third kappa shape index (κ3) is 4.70. The van der Waals surface area contributed by atoms with Crippen LogP contribution in [-0.4, -0.2) is 50.4 Å². The molecule has 0 aliphatic heterocycles. The second-order valence-corrected chi connectivity index (χ2v) is 16.4. The Balaban J connectivity index is 2.40. The van der Waals surface area contributed by atoms with E-state index < -0.39 is 8.07 Å². The second kappa shape index (κ2) is 11.0. The van der Waals surface area contributed by atoms with Crippen LogP contribution in [0.1, 0.15) is 44.4 Å². The van der Waals surface area contributed by atoms with Gasteiger partial charge in [-0.25, -0.2) is 0 Å². The third-order valence-corrected chi connectivity index (χ3v) is 14.8. The molecule has 0 unspecified atom stereocenters. The Morgan fingerprint density at radius 3 is 0.975 bits per heavy atom. The van der Waals surface area contributed by atoms with E-state index in [-0.39, 0.29) is 0 Å². The molecule has 0 aromatic heterocycles. The molecule has 4 heteroatoms. The van der Waals surface area contributed by atoms with Gasteiger partial charge in [0.15, 0.2) is 8.07 Å². The highest BCUT2D eigenvalue weighted by molar-refractivity contribution is 7.15. The van der Waals surface area contributed by atoms with E-state index in [4.69, 9.17) is 0 Å². The highest BCUT2D eigenvalue weighted by Gasteiger charge is 2.53. The second-order valence-electron chi connectivity index (χ2n) is 12.6. The Kier molecular flexibility index (Phi) is 8.15. The summed E-state index contributed by atoms with van der Waals surface area (Å²) >= 11 is 0. The van der Waals surface area contributed by atoms with Gasteiger partial charge in [-0.15, -0.1) is 0 Å². The van der Waals surface area contributed by atoms with E-state index >= 15 is 0 Å². The molecule has 0 saturated carbocycles. The van der Waals surface area contributed by atoms with Crippen molar-refractivity contribution in [3.05, 3.63) is 93.6 Å². The third-order valence-electron chi connectivity index (χ3n) is 9.22. The lowest BCUT2D eigenvalue weighted by molar-refractivity contribution is 1.07. The highest BCUT2D eigenvalue weighted by Crippen LogP contribution is 2.48. The zero-order chi connectivity index (χ0) is 29.7. The van der Waals surface area contributed by atoms with Crippen LogP contribution in [0.4, 0.5) is 17.1 Å². The molecule has 0 radical (unpaired) electrons. The lowest BCUT2D eigenvalue weighted by Gasteiger charge is -2.45. The summed E-state index contributed by atoms with van der Waals surface area (Å²) in [5.74, 6) is 0. The molecule has 0 spiro atoms. The van der Waals surface area contributed by atoms with E-state index in [0.29, 0.717) is 5.54 Å². The van der Waals surface area contributed by atoms with Crippen molar-refractivity contribution in [1.82, 2.24) is 0 Å². The number of anilines is 3. The Labute approximate surface area is 244 Å². The van der Waals surface area contributed by atoms with Crippen LogP contribution >= 0.6 is 0 Å². The number of aryl methyl sites for hydroxylation is 3. The lowest BCUT2D eigenvalue weighted by atomic mass is 10.1.